The lowest BCUT2D eigenvalue weighted by molar-refractivity contribution is -0.385. The summed E-state index contributed by atoms with van der Waals surface area (Å²) in [6, 6.07) is 1.98. The Morgan fingerprint density at radius 3 is 2.57 bits per heavy atom. The maximum absolute atomic E-state index is 13.6. The molecule has 0 radical (unpaired) electrons. The summed E-state index contributed by atoms with van der Waals surface area (Å²) in [4.78, 5) is 24.3. The van der Waals surface area contributed by atoms with Crippen molar-refractivity contribution in [3.63, 3.8) is 0 Å². The molecule has 1 N–H and O–H groups in total. The summed E-state index contributed by atoms with van der Waals surface area (Å²) >= 11 is 0. The number of amides is 1. The Kier molecular flexibility index (Phi) is 6.08. The summed E-state index contributed by atoms with van der Waals surface area (Å²) in [6.07, 6.45) is 1.73. The molecule has 1 rings (SSSR count). The Morgan fingerprint density at radius 1 is 1.43 bits per heavy atom. The van der Waals surface area contributed by atoms with Gasteiger partial charge in [0.05, 0.1) is 16.7 Å². The second-order valence-corrected chi connectivity index (χ2v) is 4.59. The molecule has 6 nitrogen and oxygen atoms in total. The number of nitro benzene ring substituents is 1. The molecule has 1 aromatic rings. The van der Waals surface area contributed by atoms with E-state index in [0.29, 0.717) is 13.1 Å². The number of nitrogens with one attached hydrogen (secondary N) is 1. The van der Waals surface area contributed by atoms with Gasteiger partial charge < -0.3 is 10.2 Å². The van der Waals surface area contributed by atoms with Crippen LogP contribution in [0.25, 0.3) is 0 Å². The first-order valence-electron chi connectivity index (χ1n) is 6.91. The van der Waals surface area contributed by atoms with E-state index in [0.717, 1.165) is 18.9 Å². The van der Waals surface area contributed by atoms with Gasteiger partial charge in [0.15, 0.2) is 5.82 Å². The van der Waals surface area contributed by atoms with Crippen molar-refractivity contribution >= 4 is 17.3 Å². The van der Waals surface area contributed by atoms with Crippen molar-refractivity contribution in [1.29, 1.82) is 0 Å². The van der Waals surface area contributed by atoms with Crippen LogP contribution in [-0.2, 0) is 0 Å². The lowest BCUT2D eigenvalue weighted by atomic mass is 10.1. The number of hydrogen-bond donors (Lipinski definition) is 1. The third-order valence-corrected chi connectivity index (χ3v) is 3.23. The molecule has 0 spiro atoms. The first-order valence-corrected chi connectivity index (χ1v) is 6.91. The summed E-state index contributed by atoms with van der Waals surface area (Å²) in [5, 5.41) is 13.6. The molecule has 1 aromatic carbocycles. The molecule has 7 heteroatoms. The number of unbranched alkanes of at least 4 members (excludes halogenated alkanes) is 1. The molecule has 0 aromatic heterocycles. The molecule has 116 valence electrons. The molecule has 0 saturated carbocycles. The molecule has 0 atom stereocenters. The van der Waals surface area contributed by atoms with Crippen LogP contribution in [0.2, 0.25) is 0 Å². The largest absolute Gasteiger partial charge is 0.386 e. The van der Waals surface area contributed by atoms with E-state index in [4.69, 9.17) is 0 Å². The fraction of sp³-hybridized carbons (Fsp3) is 0.500. The molecule has 0 aliphatic heterocycles. The Bertz CT molecular complexity index is 534. The third kappa shape index (κ3) is 3.90. The highest BCUT2D eigenvalue weighted by Crippen LogP contribution is 2.27. The van der Waals surface area contributed by atoms with Crippen molar-refractivity contribution < 1.29 is 14.1 Å². The minimum atomic E-state index is -0.752. The van der Waals surface area contributed by atoms with Gasteiger partial charge in [0, 0.05) is 20.1 Å². The third-order valence-electron chi connectivity index (χ3n) is 3.23. The number of nitrogens with zero attached hydrogens (tertiary/aromatic N) is 2. The monoisotopic (exact) mass is 297 g/mol. The molecule has 0 unspecified atom stereocenters. The normalized spacial score (nSPS) is 10.3. The van der Waals surface area contributed by atoms with Crippen LogP contribution in [0.3, 0.4) is 0 Å². The predicted octanol–water partition coefficient (Wildman–Crippen LogP) is 3.04. The second-order valence-electron chi connectivity index (χ2n) is 4.59. The van der Waals surface area contributed by atoms with Crippen molar-refractivity contribution in [3.8, 4) is 0 Å². The number of rotatable bonds is 7. The number of nitro groups is 1. The molecular weight excluding hydrogens is 277 g/mol. The molecule has 0 bridgehead atoms. The molecular formula is C14H20FN3O3. The lowest BCUT2D eigenvalue weighted by Gasteiger charge is -2.21. The average molecular weight is 297 g/mol. The van der Waals surface area contributed by atoms with Crippen LogP contribution < -0.4 is 5.32 Å². The van der Waals surface area contributed by atoms with Gasteiger partial charge in [0.25, 0.3) is 11.6 Å². The maximum atomic E-state index is 13.6. The van der Waals surface area contributed by atoms with Crippen LogP contribution in [0.15, 0.2) is 12.1 Å². The Labute approximate surface area is 123 Å². The number of halogens is 1. The van der Waals surface area contributed by atoms with Gasteiger partial charge in [0.2, 0.25) is 0 Å². The van der Waals surface area contributed by atoms with E-state index in [2.05, 4.69) is 5.32 Å². The van der Waals surface area contributed by atoms with Gasteiger partial charge in [-0.25, -0.2) is 4.39 Å². The van der Waals surface area contributed by atoms with Crippen molar-refractivity contribution in [3.05, 3.63) is 33.6 Å². The number of benzene rings is 1. The van der Waals surface area contributed by atoms with Crippen molar-refractivity contribution in [2.45, 2.75) is 26.7 Å². The standard InChI is InChI=1S/C14H20FN3O3/c1-4-6-7-17(5-2)14(19)10-8-12(16-3)11(15)9-13(10)18(20)21/h8-9,16H,4-7H2,1-3H3. The second kappa shape index (κ2) is 7.56. The Morgan fingerprint density at radius 2 is 2.10 bits per heavy atom. The van der Waals surface area contributed by atoms with Crippen LogP contribution >= 0.6 is 0 Å². The smallest absolute Gasteiger partial charge is 0.285 e. The number of anilines is 1. The fourth-order valence-electron chi connectivity index (χ4n) is 2.00. The van der Waals surface area contributed by atoms with Crippen LogP contribution in [0.5, 0.6) is 0 Å². The summed E-state index contributed by atoms with van der Waals surface area (Å²) < 4.78 is 13.6. The summed E-state index contributed by atoms with van der Waals surface area (Å²) in [5.74, 6) is -1.20. The van der Waals surface area contributed by atoms with Gasteiger partial charge in [-0.1, -0.05) is 13.3 Å². The molecule has 0 aliphatic rings. The van der Waals surface area contributed by atoms with Gasteiger partial charge in [-0.05, 0) is 19.4 Å². The van der Waals surface area contributed by atoms with Gasteiger partial charge in [-0.15, -0.1) is 0 Å². The number of carbonyl (C=O) groups excluding carboxylic acids is 1. The van der Waals surface area contributed by atoms with E-state index in [-0.39, 0.29) is 11.3 Å². The van der Waals surface area contributed by atoms with E-state index >= 15 is 0 Å². The Hall–Kier alpha value is -2.18. The fourth-order valence-corrected chi connectivity index (χ4v) is 2.00. The van der Waals surface area contributed by atoms with Crippen LogP contribution in [-0.4, -0.2) is 35.9 Å². The van der Waals surface area contributed by atoms with E-state index in [1.807, 2.05) is 13.8 Å². The average Bonchev–Trinajstić information content (AvgIpc) is 2.47. The molecule has 0 fully saturated rings. The van der Waals surface area contributed by atoms with Gasteiger partial charge in [0.1, 0.15) is 5.56 Å². The highest BCUT2D eigenvalue weighted by molar-refractivity contribution is 5.99. The lowest BCUT2D eigenvalue weighted by Crippen LogP contribution is -2.32. The van der Waals surface area contributed by atoms with Crippen LogP contribution in [0.1, 0.15) is 37.0 Å². The predicted molar refractivity (Wildman–Crippen MR) is 79.1 cm³/mol. The first-order chi connectivity index (χ1) is 9.96. The van der Waals surface area contributed by atoms with E-state index in [9.17, 15) is 19.3 Å². The van der Waals surface area contributed by atoms with Crippen molar-refractivity contribution in [2.24, 2.45) is 0 Å². The minimum Gasteiger partial charge on any atom is -0.386 e. The molecule has 21 heavy (non-hydrogen) atoms. The van der Waals surface area contributed by atoms with E-state index in [1.165, 1.54) is 18.0 Å². The summed E-state index contributed by atoms with van der Waals surface area (Å²) in [7, 11) is 1.49. The van der Waals surface area contributed by atoms with E-state index < -0.39 is 22.3 Å². The topological polar surface area (TPSA) is 75.5 Å². The molecule has 0 saturated heterocycles. The van der Waals surface area contributed by atoms with Gasteiger partial charge >= 0.3 is 0 Å². The zero-order chi connectivity index (χ0) is 16.0. The molecule has 1 amide bonds. The zero-order valence-corrected chi connectivity index (χ0v) is 12.5. The quantitative estimate of drug-likeness (QED) is 0.620. The molecule has 0 heterocycles. The zero-order valence-electron chi connectivity index (χ0n) is 12.5. The number of hydrogen-bond acceptors (Lipinski definition) is 4. The van der Waals surface area contributed by atoms with Crippen LogP contribution in [0, 0.1) is 15.9 Å². The first kappa shape index (κ1) is 16.9. The number of carbonyl (C=O) groups is 1. The van der Waals surface area contributed by atoms with Crippen molar-refractivity contribution in [2.75, 3.05) is 25.5 Å². The maximum Gasteiger partial charge on any atom is 0.285 e. The highest BCUT2D eigenvalue weighted by atomic mass is 19.1. The van der Waals surface area contributed by atoms with E-state index in [1.54, 1.807) is 0 Å². The Balaban J connectivity index is 3.25. The highest BCUT2D eigenvalue weighted by Gasteiger charge is 2.26. The minimum absolute atomic E-state index is 0.0653. The van der Waals surface area contributed by atoms with Gasteiger partial charge in [-0.3, -0.25) is 14.9 Å². The van der Waals surface area contributed by atoms with Crippen molar-refractivity contribution in [1.82, 2.24) is 4.90 Å². The SMILES string of the molecule is CCCCN(CC)C(=O)c1cc(NC)c(F)cc1[N+](=O)[O-]. The van der Waals surface area contributed by atoms with Crippen LogP contribution in [0.4, 0.5) is 15.8 Å². The summed E-state index contributed by atoms with van der Waals surface area (Å²) in [6.45, 7) is 4.77. The van der Waals surface area contributed by atoms with Gasteiger partial charge in [-0.2, -0.15) is 0 Å². The molecule has 0 aliphatic carbocycles. The summed E-state index contributed by atoms with van der Waals surface area (Å²) in [5.41, 5.74) is -0.536.